The fraction of sp³-hybridized carbons (Fsp3) is 0.333. The summed E-state index contributed by atoms with van der Waals surface area (Å²) >= 11 is 0. The molecule has 112 valence electrons. The number of nitrogens with one attached hydrogen (secondary N) is 2. The van der Waals surface area contributed by atoms with Crippen LogP contribution in [0.2, 0.25) is 0 Å². The smallest absolute Gasteiger partial charge is 0.251 e. The van der Waals surface area contributed by atoms with Crippen molar-refractivity contribution < 1.29 is 4.79 Å². The van der Waals surface area contributed by atoms with Gasteiger partial charge in [-0.05, 0) is 43.7 Å². The molecule has 2 aromatic rings. The van der Waals surface area contributed by atoms with E-state index in [0.29, 0.717) is 5.56 Å². The van der Waals surface area contributed by atoms with Crippen LogP contribution < -0.4 is 10.6 Å². The number of piperidine rings is 1. The molecule has 1 saturated heterocycles. The van der Waals surface area contributed by atoms with E-state index in [2.05, 4.69) is 15.7 Å². The number of benzene rings is 1. The van der Waals surface area contributed by atoms with Crippen LogP contribution in [0.25, 0.3) is 5.69 Å². The van der Waals surface area contributed by atoms with E-state index >= 15 is 0 Å². The molecule has 1 atom stereocenters. The van der Waals surface area contributed by atoms with Crippen molar-refractivity contribution in [1.29, 1.82) is 0 Å². The summed E-state index contributed by atoms with van der Waals surface area (Å²) in [6.45, 7) is 1.89. The second-order valence-corrected chi connectivity index (χ2v) is 5.02. The SMILES string of the molecule is Cl.O=C(N[C@H]1CCCNC1)c1cccc(-n2cccn2)c1. The molecular weight excluding hydrogens is 288 g/mol. The Morgan fingerprint density at radius 2 is 2.29 bits per heavy atom. The van der Waals surface area contributed by atoms with Gasteiger partial charge in [0.05, 0.1) is 5.69 Å². The summed E-state index contributed by atoms with van der Waals surface area (Å²) in [5, 5.41) is 10.6. The summed E-state index contributed by atoms with van der Waals surface area (Å²) in [7, 11) is 0. The number of halogens is 1. The molecule has 3 rings (SSSR count). The minimum Gasteiger partial charge on any atom is -0.348 e. The molecule has 1 aromatic heterocycles. The van der Waals surface area contributed by atoms with Crippen molar-refractivity contribution in [3.05, 3.63) is 48.3 Å². The third kappa shape index (κ3) is 3.83. The highest BCUT2D eigenvalue weighted by Gasteiger charge is 2.16. The molecule has 21 heavy (non-hydrogen) atoms. The maximum absolute atomic E-state index is 12.3. The van der Waals surface area contributed by atoms with Crippen LogP contribution in [0.15, 0.2) is 42.7 Å². The van der Waals surface area contributed by atoms with Gasteiger partial charge in [-0.1, -0.05) is 6.07 Å². The summed E-state index contributed by atoms with van der Waals surface area (Å²) in [6.07, 6.45) is 5.73. The molecule has 0 unspecified atom stereocenters. The zero-order valence-electron chi connectivity index (χ0n) is 11.7. The number of aromatic nitrogens is 2. The lowest BCUT2D eigenvalue weighted by Gasteiger charge is -2.23. The molecule has 0 saturated carbocycles. The first kappa shape index (κ1) is 15.5. The summed E-state index contributed by atoms with van der Waals surface area (Å²) in [5.41, 5.74) is 1.56. The van der Waals surface area contributed by atoms with E-state index in [4.69, 9.17) is 0 Å². The molecular formula is C15H19ClN4O. The van der Waals surface area contributed by atoms with Crippen LogP contribution in [0.5, 0.6) is 0 Å². The first-order valence-corrected chi connectivity index (χ1v) is 6.94. The lowest BCUT2D eigenvalue weighted by Crippen LogP contribution is -2.45. The Balaban J connectivity index is 0.00000161. The quantitative estimate of drug-likeness (QED) is 0.909. The van der Waals surface area contributed by atoms with Crippen LogP contribution in [-0.4, -0.2) is 34.8 Å². The van der Waals surface area contributed by atoms with Crippen LogP contribution in [0.3, 0.4) is 0 Å². The molecule has 5 nitrogen and oxygen atoms in total. The Labute approximate surface area is 130 Å². The number of nitrogens with zero attached hydrogens (tertiary/aromatic N) is 2. The van der Waals surface area contributed by atoms with Crippen molar-refractivity contribution in [3.8, 4) is 5.69 Å². The third-order valence-corrected chi connectivity index (χ3v) is 3.51. The van der Waals surface area contributed by atoms with E-state index in [1.807, 2.05) is 36.5 Å². The number of carbonyl (C=O) groups excluding carboxylic acids is 1. The highest BCUT2D eigenvalue weighted by molar-refractivity contribution is 5.94. The van der Waals surface area contributed by atoms with Crippen LogP contribution >= 0.6 is 12.4 Å². The topological polar surface area (TPSA) is 59.0 Å². The molecule has 0 spiro atoms. The van der Waals surface area contributed by atoms with Gasteiger partial charge in [-0.3, -0.25) is 4.79 Å². The van der Waals surface area contributed by atoms with Crippen molar-refractivity contribution in [2.75, 3.05) is 13.1 Å². The molecule has 1 aliphatic heterocycles. The predicted octanol–water partition coefficient (Wildman–Crippen LogP) is 1.78. The van der Waals surface area contributed by atoms with Crippen LogP contribution in [-0.2, 0) is 0 Å². The molecule has 1 aromatic carbocycles. The minimum atomic E-state index is -0.0206. The van der Waals surface area contributed by atoms with Crippen LogP contribution in [0, 0.1) is 0 Å². The van der Waals surface area contributed by atoms with E-state index < -0.39 is 0 Å². The number of amides is 1. The maximum atomic E-state index is 12.3. The van der Waals surface area contributed by atoms with Crippen molar-refractivity contribution in [3.63, 3.8) is 0 Å². The standard InChI is InChI=1S/C15H18N4O.ClH/c20-15(18-13-5-2-7-16-11-13)12-4-1-6-14(10-12)19-9-3-8-17-19;/h1,3-4,6,8-10,13,16H,2,5,7,11H2,(H,18,20);1H/t13-;/m0./s1. The maximum Gasteiger partial charge on any atom is 0.251 e. The average molecular weight is 307 g/mol. The number of hydrogen-bond donors (Lipinski definition) is 2. The van der Waals surface area contributed by atoms with Gasteiger partial charge in [0.1, 0.15) is 0 Å². The zero-order valence-corrected chi connectivity index (χ0v) is 12.5. The molecule has 2 N–H and O–H groups in total. The first-order valence-electron chi connectivity index (χ1n) is 6.94. The van der Waals surface area contributed by atoms with Crippen LogP contribution in [0.1, 0.15) is 23.2 Å². The average Bonchev–Trinajstić information content (AvgIpc) is 3.03. The largest absolute Gasteiger partial charge is 0.348 e. The number of carbonyl (C=O) groups is 1. The molecule has 0 radical (unpaired) electrons. The molecule has 0 aliphatic carbocycles. The summed E-state index contributed by atoms with van der Waals surface area (Å²) in [4.78, 5) is 12.3. The van der Waals surface area contributed by atoms with Gasteiger partial charge in [0.15, 0.2) is 0 Å². The van der Waals surface area contributed by atoms with Gasteiger partial charge in [0, 0.05) is 30.5 Å². The van der Waals surface area contributed by atoms with Crippen molar-refractivity contribution in [2.45, 2.75) is 18.9 Å². The molecule has 1 amide bonds. The zero-order chi connectivity index (χ0) is 13.8. The Morgan fingerprint density at radius 3 is 3.00 bits per heavy atom. The summed E-state index contributed by atoms with van der Waals surface area (Å²) in [6, 6.07) is 9.60. The highest BCUT2D eigenvalue weighted by Crippen LogP contribution is 2.10. The van der Waals surface area contributed by atoms with E-state index in [1.54, 1.807) is 10.9 Å². The molecule has 6 heteroatoms. The number of hydrogen-bond acceptors (Lipinski definition) is 3. The Bertz CT molecular complexity index is 579. The lowest BCUT2D eigenvalue weighted by molar-refractivity contribution is 0.0930. The molecule has 1 fully saturated rings. The Morgan fingerprint density at radius 1 is 1.38 bits per heavy atom. The Kier molecular flexibility index (Phi) is 5.36. The predicted molar refractivity (Wildman–Crippen MR) is 84.2 cm³/mol. The van der Waals surface area contributed by atoms with E-state index in [-0.39, 0.29) is 24.4 Å². The lowest BCUT2D eigenvalue weighted by atomic mass is 10.1. The summed E-state index contributed by atoms with van der Waals surface area (Å²) in [5.74, 6) is -0.0206. The number of rotatable bonds is 3. The third-order valence-electron chi connectivity index (χ3n) is 3.51. The molecule has 1 aliphatic rings. The summed E-state index contributed by atoms with van der Waals surface area (Å²) < 4.78 is 1.75. The molecule has 2 heterocycles. The normalized spacial score (nSPS) is 17.8. The van der Waals surface area contributed by atoms with Gasteiger partial charge in [-0.2, -0.15) is 5.10 Å². The minimum absolute atomic E-state index is 0. The van der Waals surface area contributed by atoms with E-state index in [1.165, 1.54) is 0 Å². The van der Waals surface area contributed by atoms with Gasteiger partial charge in [-0.25, -0.2) is 4.68 Å². The van der Waals surface area contributed by atoms with E-state index in [9.17, 15) is 4.79 Å². The van der Waals surface area contributed by atoms with Gasteiger partial charge in [0.2, 0.25) is 0 Å². The van der Waals surface area contributed by atoms with Crippen molar-refractivity contribution in [2.24, 2.45) is 0 Å². The first-order chi connectivity index (χ1) is 9.83. The Hall–Kier alpha value is -1.85. The van der Waals surface area contributed by atoms with Gasteiger partial charge >= 0.3 is 0 Å². The van der Waals surface area contributed by atoms with Crippen molar-refractivity contribution in [1.82, 2.24) is 20.4 Å². The van der Waals surface area contributed by atoms with Gasteiger partial charge in [0.25, 0.3) is 5.91 Å². The second kappa shape index (κ2) is 7.24. The van der Waals surface area contributed by atoms with Crippen LogP contribution in [0.4, 0.5) is 0 Å². The second-order valence-electron chi connectivity index (χ2n) is 5.02. The van der Waals surface area contributed by atoms with Gasteiger partial charge in [-0.15, -0.1) is 12.4 Å². The highest BCUT2D eigenvalue weighted by atomic mass is 35.5. The molecule has 0 bridgehead atoms. The fourth-order valence-corrected chi connectivity index (χ4v) is 2.45. The fourth-order valence-electron chi connectivity index (χ4n) is 2.45. The van der Waals surface area contributed by atoms with Crippen molar-refractivity contribution >= 4 is 18.3 Å². The van der Waals surface area contributed by atoms with E-state index in [0.717, 1.165) is 31.6 Å². The van der Waals surface area contributed by atoms with Gasteiger partial charge < -0.3 is 10.6 Å². The monoisotopic (exact) mass is 306 g/mol.